The number of amides is 1. The van der Waals surface area contributed by atoms with Crippen LogP contribution in [0.5, 0.6) is 0 Å². The van der Waals surface area contributed by atoms with Gasteiger partial charge in [0.25, 0.3) is 5.91 Å². The van der Waals surface area contributed by atoms with E-state index in [1.807, 2.05) is 11.6 Å². The van der Waals surface area contributed by atoms with Crippen LogP contribution in [0.1, 0.15) is 64.8 Å². The largest absolute Gasteiger partial charge is 0.478 e. The van der Waals surface area contributed by atoms with Crippen LogP contribution in [-0.2, 0) is 0 Å². The molecule has 0 fully saturated rings. The summed E-state index contributed by atoms with van der Waals surface area (Å²) < 4.78 is 1.88. The number of rotatable bonds is 6. The Morgan fingerprint density at radius 1 is 1.21 bits per heavy atom. The molecule has 0 saturated carbocycles. The highest BCUT2D eigenvalue weighted by Crippen LogP contribution is 2.19. The maximum Gasteiger partial charge on any atom is 0.336 e. The average molecular weight is 329 g/mol. The number of carbonyl (C=O) groups is 2. The van der Waals surface area contributed by atoms with Gasteiger partial charge >= 0.3 is 5.97 Å². The quantitative estimate of drug-likeness (QED) is 0.844. The number of carbonyl (C=O) groups excluding carboxylic acids is 1. The fourth-order valence-electron chi connectivity index (χ4n) is 2.73. The fourth-order valence-corrected chi connectivity index (χ4v) is 2.73. The van der Waals surface area contributed by atoms with Crippen molar-refractivity contribution in [1.82, 2.24) is 9.78 Å². The van der Waals surface area contributed by atoms with Gasteiger partial charge in [-0.25, -0.2) is 4.79 Å². The summed E-state index contributed by atoms with van der Waals surface area (Å²) in [7, 11) is 0. The van der Waals surface area contributed by atoms with E-state index in [9.17, 15) is 9.59 Å². The minimum atomic E-state index is -1.02. The predicted octanol–water partition coefficient (Wildman–Crippen LogP) is 3.81. The number of hydrogen-bond acceptors (Lipinski definition) is 3. The van der Waals surface area contributed by atoms with Gasteiger partial charge in [0.15, 0.2) is 5.69 Å². The van der Waals surface area contributed by atoms with Crippen molar-refractivity contribution in [1.29, 1.82) is 0 Å². The highest BCUT2D eigenvalue weighted by Gasteiger charge is 2.17. The Morgan fingerprint density at radius 2 is 1.88 bits per heavy atom. The number of nitrogens with one attached hydrogen (secondary N) is 1. The first-order valence-electron chi connectivity index (χ1n) is 8.08. The number of carboxylic acid groups (broad SMARTS) is 1. The Hall–Kier alpha value is -2.63. The molecule has 0 atom stereocenters. The average Bonchev–Trinajstić information content (AvgIpc) is 2.92. The molecule has 0 bridgehead atoms. The molecule has 1 amide bonds. The summed E-state index contributed by atoms with van der Waals surface area (Å²) >= 11 is 0. The van der Waals surface area contributed by atoms with Gasteiger partial charge in [0.1, 0.15) is 0 Å². The second kappa shape index (κ2) is 7.29. The van der Waals surface area contributed by atoms with Crippen molar-refractivity contribution in [2.45, 2.75) is 46.6 Å². The SMILES string of the molecule is CCC(CC)n1nc(C(=O)Nc2ccc(C)c(C(=O)O)c2)cc1C. The van der Waals surface area contributed by atoms with Gasteiger partial charge in [-0.3, -0.25) is 9.48 Å². The molecule has 1 aromatic heterocycles. The molecule has 2 aromatic rings. The van der Waals surface area contributed by atoms with Crippen LogP contribution in [0.4, 0.5) is 5.69 Å². The van der Waals surface area contributed by atoms with Crippen molar-refractivity contribution in [2.24, 2.45) is 0 Å². The van der Waals surface area contributed by atoms with Crippen LogP contribution in [0.2, 0.25) is 0 Å². The monoisotopic (exact) mass is 329 g/mol. The van der Waals surface area contributed by atoms with Crippen molar-refractivity contribution in [3.63, 3.8) is 0 Å². The van der Waals surface area contributed by atoms with Gasteiger partial charge in [0.05, 0.1) is 11.6 Å². The first kappa shape index (κ1) is 17.7. The van der Waals surface area contributed by atoms with Gasteiger partial charge < -0.3 is 10.4 Å². The first-order chi connectivity index (χ1) is 11.4. The van der Waals surface area contributed by atoms with E-state index in [-0.39, 0.29) is 17.5 Å². The summed E-state index contributed by atoms with van der Waals surface area (Å²) in [5.41, 5.74) is 2.53. The Bertz CT molecular complexity index is 761. The van der Waals surface area contributed by atoms with Crippen molar-refractivity contribution in [2.75, 3.05) is 5.32 Å². The molecule has 6 heteroatoms. The van der Waals surface area contributed by atoms with E-state index in [2.05, 4.69) is 24.3 Å². The van der Waals surface area contributed by atoms with Crippen molar-refractivity contribution in [3.8, 4) is 0 Å². The number of benzene rings is 1. The zero-order chi connectivity index (χ0) is 17.9. The van der Waals surface area contributed by atoms with Crippen molar-refractivity contribution in [3.05, 3.63) is 46.8 Å². The number of anilines is 1. The van der Waals surface area contributed by atoms with E-state index in [4.69, 9.17) is 5.11 Å². The number of aryl methyl sites for hydroxylation is 2. The third-order valence-corrected chi connectivity index (χ3v) is 4.17. The molecule has 128 valence electrons. The summed E-state index contributed by atoms with van der Waals surface area (Å²) in [6, 6.07) is 6.84. The maximum absolute atomic E-state index is 12.4. The lowest BCUT2D eigenvalue weighted by Crippen LogP contribution is -2.15. The maximum atomic E-state index is 12.4. The van der Waals surface area contributed by atoms with E-state index in [1.54, 1.807) is 25.1 Å². The van der Waals surface area contributed by atoms with Crippen LogP contribution in [0.25, 0.3) is 0 Å². The van der Waals surface area contributed by atoms with Gasteiger partial charge in [-0.1, -0.05) is 19.9 Å². The molecule has 6 nitrogen and oxygen atoms in total. The van der Waals surface area contributed by atoms with Gasteiger partial charge in [0.2, 0.25) is 0 Å². The lowest BCUT2D eigenvalue weighted by Gasteiger charge is -2.14. The van der Waals surface area contributed by atoms with Crippen LogP contribution in [0.3, 0.4) is 0 Å². The Labute approximate surface area is 141 Å². The molecule has 0 aliphatic carbocycles. The van der Waals surface area contributed by atoms with Gasteiger partial charge in [-0.15, -0.1) is 0 Å². The lowest BCUT2D eigenvalue weighted by atomic mass is 10.1. The molecule has 2 rings (SSSR count). The minimum Gasteiger partial charge on any atom is -0.478 e. The highest BCUT2D eigenvalue weighted by molar-refractivity contribution is 6.03. The smallest absolute Gasteiger partial charge is 0.336 e. The molecule has 0 aliphatic heterocycles. The molecular formula is C18H23N3O3. The zero-order valence-electron chi connectivity index (χ0n) is 14.5. The van der Waals surface area contributed by atoms with Crippen LogP contribution in [-0.4, -0.2) is 26.8 Å². The number of nitrogens with zero attached hydrogens (tertiary/aromatic N) is 2. The predicted molar refractivity (Wildman–Crippen MR) is 92.7 cm³/mol. The van der Waals surface area contributed by atoms with Crippen LogP contribution in [0.15, 0.2) is 24.3 Å². The standard InChI is InChI=1S/C18H23N3O3/c1-5-14(6-2)21-12(4)9-16(20-21)17(22)19-13-8-7-11(3)15(10-13)18(23)24/h7-10,14H,5-6H2,1-4H3,(H,19,22)(H,23,24). The second-order valence-corrected chi connectivity index (χ2v) is 5.87. The van der Waals surface area contributed by atoms with Crippen molar-refractivity contribution >= 4 is 17.6 Å². The van der Waals surface area contributed by atoms with Crippen LogP contribution in [0, 0.1) is 13.8 Å². The molecule has 1 aromatic carbocycles. The summed E-state index contributed by atoms with van der Waals surface area (Å²) in [6.07, 6.45) is 1.89. The third-order valence-electron chi connectivity index (χ3n) is 4.17. The Balaban J connectivity index is 2.23. The molecule has 0 aliphatic rings. The second-order valence-electron chi connectivity index (χ2n) is 5.87. The molecule has 0 unspecified atom stereocenters. The fraction of sp³-hybridized carbons (Fsp3) is 0.389. The van der Waals surface area contributed by atoms with E-state index in [1.165, 1.54) is 6.07 Å². The molecule has 0 radical (unpaired) electrons. The molecular weight excluding hydrogens is 306 g/mol. The molecule has 1 heterocycles. The number of aromatic nitrogens is 2. The lowest BCUT2D eigenvalue weighted by molar-refractivity contribution is 0.0695. The zero-order valence-corrected chi connectivity index (χ0v) is 14.5. The van der Waals surface area contributed by atoms with Crippen LogP contribution >= 0.6 is 0 Å². The third kappa shape index (κ3) is 3.64. The topological polar surface area (TPSA) is 84.2 Å². The summed E-state index contributed by atoms with van der Waals surface area (Å²) in [4.78, 5) is 23.6. The van der Waals surface area contributed by atoms with Gasteiger partial charge in [-0.2, -0.15) is 5.10 Å². The molecule has 24 heavy (non-hydrogen) atoms. The molecule has 0 saturated heterocycles. The van der Waals surface area contributed by atoms with Gasteiger partial charge in [0, 0.05) is 11.4 Å². The summed E-state index contributed by atoms with van der Waals surface area (Å²) in [5, 5.41) is 16.3. The first-order valence-corrected chi connectivity index (χ1v) is 8.08. The summed E-state index contributed by atoms with van der Waals surface area (Å²) in [6.45, 7) is 7.83. The number of carboxylic acids is 1. The summed E-state index contributed by atoms with van der Waals surface area (Å²) in [5.74, 6) is -1.36. The van der Waals surface area contributed by atoms with E-state index < -0.39 is 5.97 Å². The number of aromatic carboxylic acids is 1. The number of hydrogen-bond donors (Lipinski definition) is 2. The van der Waals surface area contributed by atoms with Gasteiger partial charge in [-0.05, 0) is 50.5 Å². The van der Waals surface area contributed by atoms with Crippen LogP contribution < -0.4 is 5.32 Å². The van der Waals surface area contributed by atoms with E-state index in [0.29, 0.717) is 16.9 Å². The van der Waals surface area contributed by atoms with Crippen molar-refractivity contribution < 1.29 is 14.7 Å². The highest BCUT2D eigenvalue weighted by atomic mass is 16.4. The van der Waals surface area contributed by atoms with E-state index >= 15 is 0 Å². The molecule has 2 N–H and O–H groups in total. The normalized spacial score (nSPS) is 10.9. The van der Waals surface area contributed by atoms with E-state index in [0.717, 1.165) is 18.5 Å². The molecule has 0 spiro atoms. The Morgan fingerprint density at radius 3 is 2.46 bits per heavy atom. The Kier molecular flexibility index (Phi) is 5.39. The minimum absolute atomic E-state index is 0.173.